The van der Waals surface area contributed by atoms with E-state index in [0.717, 1.165) is 38.4 Å². The van der Waals surface area contributed by atoms with E-state index in [2.05, 4.69) is 36.1 Å². The molecule has 4 rings (SSSR count). The fourth-order valence-corrected chi connectivity index (χ4v) is 5.81. The Bertz CT molecular complexity index is 723. The third-order valence-electron chi connectivity index (χ3n) is 7.37. The lowest BCUT2D eigenvalue weighted by molar-refractivity contribution is -0.0516. The fourth-order valence-electron chi connectivity index (χ4n) is 5.81. The molecule has 160 valence electrons. The van der Waals surface area contributed by atoms with Crippen molar-refractivity contribution in [3.63, 3.8) is 0 Å². The highest BCUT2D eigenvalue weighted by Gasteiger charge is 2.50. The van der Waals surface area contributed by atoms with E-state index in [1.807, 2.05) is 25.7 Å². The van der Waals surface area contributed by atoms with Crippen molar-refractivity contribution in [2.75, 3.05) is 19.6 Å². The summed E-state index contributed by atoms with van der Waals surface area (Å²) in [5.74, 6) is 0. The topological polar surface area (TPSA) is 32.8 Å². The van der Waals surface area contributed by atoms with Crippen molar-refractivity contribution in [3.05, 3.63) is 35.4 Å². The predicted molar refractivity (Wildman–Crippen MR) is 117 cm³/mol. The van der Waals surface area contributed by atoms with Gasteiger partial charge in [0.15, 0.2) is 0 Å². The summed E-state index contributed by atoms with van der Waals surface area (Å²) >= 11 is 0. The van der Waals surface area contributed by atoms with E-state index < -0.39 is 5.60 Å². The maximum absolute atomic E-state index is 12.4. The average molecular weight is 399 g/mol. The Morgan fingerprint density at radius 3 is 2.48 bits per heavy atom. The zero-order valence-electron chi connectivity index (χ0n) is 18.7. The summed E-state index contributed by atoms with van der Waals surface area (Å²) in [7, 11) is 0. The first-order chi connectivity index (χ1) is 13.8. The molecule has 0 N–H and O–H groups in total. The lowest BCUT2D eigenvalue weighted by atomic mass is 9.60. The van der Waals surface area contributed by atoms with Gasteiger partial charge in [0.1, 0.15) is 5.60 Å². The normalized spacial score (nSPS) is 25.2. The first-order valence-corrected chi connectivity index (χ1v) is 11.6. The predicted octanol–water partition coefficient (Wildman–Crippen LogP) is 5.57. The summed E-state index contributed by atoms with van der Waals surface area (Å²) in [6, 6.07) is 10.4. The minimum absolute atomic E-state index is 0.140. The number of amides is 1. The molecule has 1 aromatic rings. The van der Waals surface area contributed by atoms with Crippen molar-refractivity contribution >= 4 is 6.09 Å². The van der Waals surface area contributed by atoms with E-state index in [4.69, 9.17) is 4.74 Å². The van der Waals surface area contributed by atoms with Gasteiger partial charge >= 0.3 is 6.09 Å². The molecule has 1 amide bonds. The van der Waals surface area contributed by atoms with Gasteiger partial charge in [-0.3, -0.25) is 4.90 Å². The Morgan fingerprint density at radius 2 is 1.83 bits per heavy atom. The van der Waals surface area contributed by atoms with Crippen LogP contribution in [-0.2, 0) is 11.2 Å². The van der Waals surface area contributed by atoms with E-state index in [0.29, 0.717) is 11.5 Å². The molecule has 3 aliphatic rings. The standard InChI is InChI=1S/C25H38N2O2/c1-5-19-9-6-7-10-21(19)22-11-8-14-27(22)20-17-25(18-20)12-15-26(16-13-25)23(28)29-24(2,3)4/h6-7,9-10,20,22H,5,8,11-18H2,1-4H3. The first kappa shape index (κ1) is 20.7. The first-order valence-electron chi connectivity index (χ1n) is 11.6. The average Bonchev–Trinajstić information content (AvgIpc) is 3.14. The Labute approximate surface area is 176 Å². The summed E-state index contributed by atoms with van der Waals surface area (Å²) < 4.78 is 5.56. The fraction of sp³-hybridized carbons (Fsp3) is 0.720. The zero-order valence-corrected chi connectivity index (χ0v) is 18.7. The van der Waals surface area contributed by atoms with E-state index >= 15 is 0 Å². The second kappa shape index (κ2) is 7.94. The lowest BCUT2D eigenvalue weighted by Crippen LogP contribution is -2.55. The molecule has 4 heteroatoms. The Kier molecular flexibility index (Phi) is 5.67. The number of hydrogen-bond donors (Lipinski definition) is 0. The maximum atomic E-state index is 12.4. The molecule has 4 nitrogen and oxygen atoms in total. The van der Waals surface area contributed by atoms with Crippen LogP contribution in [0.4, 0.5) is 4.79 Å². The number of hydrogen-bond acceptors (Lipinski definition) is 3. The van der Waals surface area contributed by atoms with Gasteiger partial charge in [-0.05, 0) is 88.8 Å². The highest BCUT2D eigenvalue weighted by atomic mass is 16.6. The maximum Gasteiger partial charge on any atom is 0.410 e. The zero-order chi connectivity index (χ0) is 20.6. The number of piperidine rings is 1. The number of carbonyl (C=O) groups is 1. The quantitative estimate of drug-likeness (QED) is 0.668. The van der Waals surface area contributed by atoms with Crippen LogP contribution in [0.15, 0.2) is 24.3 Å². The minimum atomic E-state index is -0.409. The van der Waals surface area contributed by atoms with Crippen LogP contribution in [-0.4, -0.2) is 47.2 Å². The van der Waals surface area contributed by atoms with Crippen molar-refractivity contribution < 1.29 is 9.53 Å². The van der Waals surface area contributed by atoms with E-state index in [1.165, 1.54) is 37.8 Å². The monoisotopic (exact) mass is 398 g/mol. The van der Waals surface area contributed by atoms with Crippen molar-refractivity contribution in [2.24, 2.45) is 5.41 Å². The molecule has 1 spiro atoms. The van der Waals surface area contributed by atoms with Gasteiger partial charge in [0.25, 0.3) is 0 Å². The van der Waals surface area contributed by atoms with Gasteiger partial charge in [0.05, 0.1) is 0 Å². The molecule has 1 unspecified atom stereocenters. The van der Waals surface area contributed by atoms with Crippen molar-refractivity contribution in [3.8, 4) is 0 Å². The SMILES string of the molecule is CCc1ccccc1C1CCCN1C1CC2(CCN(C(=O)OC(C)(C)C)CC2)C1. The molecule has 0 bridgehead atoms. The second-order valence-corrected chi connectivity index (χ2v) is 10.5. The summed E-state index contributed by atoms with van der Waals surface area (Å²) in [6.45, 7) is 11.0. The molecule has 1 atom stereocenters. The minimum Gasteiger partial charge on any atom is -0.444 e. The molecule has 2 saturated heterocycles. The summed E-state index contributed by atoms with van der Waals surface area (Å²) in [5, 5.41) is 0. The van der Waals surface area contributed by atoms with Gasteiger partial charge in [-0.15, -0.1) is 0 Å². The van der Waals surface area contributed by atoms with Crippen LogP contribution in [0, 0.1) is 5.41 Å². The van der Waals surface area contributed by atoms with E-state index in [-0.39, 0.29) is 6.09 Å². The van der Waals surface area contributed by atoms with Crippen LogP contribution in [0.1, 0.15) is 83.4 Å². The van der Waals surface area contributed by atoms with Crippen LogP contribution in [0.5, 0.6) is 0 Å². The number of benzene rings is 1. The van der Waals surface area contributed by atoms with Gasteiger partial charge in [-0.1, -0.05) is 31.2 Å². The van der Waals surface area contributed by atoms with Gasteiger partial charge in [0.2, 0.25) is 0 Å². The number of likely N-dealkylation sites (tertiary alicyclic amines) is 2. The van der Waals surface area contributed by atoms with Gasteiger partial charge < -0.3 is 9.64 Å². The smallest absolute Gasteiger partial charge is 0.410 e. The Morgan fingerprint density at radius 1 is 1.14 bits per heavy atom. The van der Waals surface area contributed by atoms with Gasteiger partial charge in [0, 0.05) is 25.2 Å². The number of nitrogens with zero attached hydrogens (tertiary/aromatic N) is 2. The molecule has 2 heterocycles. The highest BCUT2D eigenvalue weighted by Crippen LogP contribution is 2.53. The van der Waals surface area contributed by atoms with Gasteiger partial charge in [-0.25, -0.2) is 4.79 Å². The number of ether oxygens (including phenoxy) is 1. The van der Waals surface area contributed by atoms with Crippen LogP contribution in [0.25, 0.3) is 0 Å². The summed E-state index contributed by atoms with van der Waals surface area (Å²) in [4.78, 5) is 17.1. The number of aryl methyl sites for hydroxylation is 1. The van der Waals surface area contributed by atoms with Crippen LogP contribution < -0.4 is 0 Å². The summed E-state index contributed by atoms with van der Waals surface area (Å²) in [5.41, 5.74) is 3.13. The third-order valence-corrected chi connectivity index (χ3v) is 7.37. The third kappa shape index (κ3) is 4.33. The van der Waals surface area contributed by atoms with E-state index in [1.54, 1.807) is 5.56 Å². The molecule has 2 aliphatic heterocycles. The van der Waals surface area contributed by atoms with Gasteiger partial charge in [-0.2, -0.15) is 0 Å². The van der Waals surface area contributed by atoms with Crippen molar-refractivity contribution in [2.45, 2.75) is 90.3 Å². The molecule has 1 saturated carbocycles. The highest BCUT2D eigenvalue weighted by molar-refractivity contribution is 5.68. The van der Waals surface area contributed by atoms with E-state index in [9.17, 15) is 4.79 Å². The number of carbonyl (C=O) groups excluding carboxylic acids is 1. The summed E-state index contributed by atoms with van der Waals surface area (Å²) in [6.07, 6.45) is 8.47. The molecule has 0 radical (unpaired) electrons. The van der Waals surface area contributed by atoms with Crippen molar-refractivity contribution in [1.29, 1.82) is 0 Å². The molecule has 1 aromatic carbocycles. The number of rotatable bonds is 3. The Balaban J connectivity index is 1.33. The largest absolute Gasteiger partial charge is 0.444 e. The van der Waals surface area contributed by atoms with Crippen LogP contribution >= 0.6 is 0 Å². The molecule has 3 fully saturated rings. The lowest BCUT2D eigenvalue weighted by Gasteiger charge is -2.55. The molecular formula is C25H38N2O2. The Hall–Kier alpha value is -1.55. The molecule has 0 aromatic heterocycles. The molecular weight excluding hydrogens is 360 g/mol. The van der Waals surface area contributed by atoms with Crippen molar-refractivity contribution in [1.82, 2.24) is 9.80 Å². The van der Waals surface area contributed by atoms with Crippen LogP contribution in [0.2, 0.25) is 0 Å². The second-order valence-electron chi connectivity index (χ2n) is 10.5. The molecule has 1 aliphatic carbocycles. The van der Waals surface area contributed by atoms with Crippen LogP contribution in [0.3, 0.4) is 0 Å². The molecule has 29 heavy (non-hydrogen) atoms.